The largest absolute Gasteiger partial charge is 0.362 e. The first-order valence-corrected chi connectivity index (χ1v) is 7.34. The van der Waals surface area contributed by atoms with E-state index in [4.69, 9.17) is 4.55 Å². The molecule has 0 radical (unpaired) electrons. The van der Waals surface area contributed by atoms with Gasteiger partial charge in [0.05, 0.1) is 12.5 Å². The summed E-state index contributed by atoms with van der Waals surface area (Å²) >= 11 is 0. The van der Waals surface area contributed by atoms with Crippen molar-refractivity contribution in [2.75, 3.05) is 0 Å². The first-order valence-electron chi connectivity index (χ1n) is 5.94. The third kappa shape index (κ3) is 2.81. The van der Waals surface area contributed by atoms with Gasteiger partial charge in [-0.3, -0.25) is 14.1 Å². The lowest BCUT2D eigenvalue weighted by Crippen LogP contribution is -2.70. The van der Waals surface area contributed by atoms with Gasteiger partial charge >= 0.3 is 10.3 Å². The van der Waals surface area contributed by atoms with Gasteiger partial charge in [-0.1, -0.05) is 30.3 Å². The van der Waals surface area contributed by atoms with Gasteiger partial charge in [0.25, 0.3) is 5.91 Å². The molecule has 1 unspecified atom stereocenters. The number of hydrogen-bond acceptors (Lipinski definition) is 4. The maximum atomic E-state index is 11.8. The first kappa shape index (κ1) is 14.5. The van der Waals surface area contributed by atoms with E-state index in [2.05, 4.69) is 5.32 Å². The van der Waals surface area contributed by atoms with E-state index >= 15 is 0 Å². The number of β-lactam (4-membered cyclic amide) rings is 1. The summed E-state index contributed by atoms with van der Waals surface area (Å²) in [5.41, 5.74) is 0.788. The molecule has 2 amide bonds. The average Bonchev–Trinajstić information content (AvgIpc) is 2.36. The van der Waals surface area contributed by atoms with Crippen molar-refractivity contribution in [1.82, 2.24) is 9.62 Å². The summed E-state index contributed by atoms with van der Waals surface area (Å²) in [4.78, 5) is 23.3. The molecule has 108 valence electrons. The van der Waals surface area contributed by atoms with Crippen molar-refractivity contribution in [3.63, 3.8) is 0 Å². The zero-order valence-corrected chi connectivity index (χ0v) is 11.5. The third-order valence-electron chi connectivity index (χ3n) is 3.11. The van der Waals surface area contributed by atoms with Crippen molar-refractivity contribution in [1.29, 1.82) is 0 Å². The van der Waals surface area contributed by atoms with Gasteiger partial charge in [-0.2, -0.15) is 8.42 Å². The zero-order chi connectivity index (χ0) is 14.9. The molecule has 20 heavy (non-hydrogen) atoms. The number of benzene rings is 1. The standard InChI is InChI=1S/C12H14N2O5S/c1-8-11(12(16)14(8)20(17,18)19)13-10(15)7-9-5-3-2-4-6-9/h2-6,8,11H,7H2,1H3,(H,13,15)(H,17,18,19)/t8?,11-/m0/s1. The van der Waals surface area contributed by atoms with E-state index in [0.29, 0.717) is 4.31 Å². The van der Waals surface area contributed by atoms with Crippen LogP contribution in [0.25, 0.3) is 0 Å². The SMILES string of the molecule is CC1[C@H](NC(=O)Cc2ccccc2)C(=O)N1S(=O)(=O)O. The van der Waals surface area contributed by atoms with Gasteiger partial charge in [-0.15, -0.1) is 0 Å². The average molecular weight is 298 g/mol. The van der Waals surface area contributed by atoms with Gasteiger partial charge < -0.3 is 5.32 Å². The van der Waals surface area contributed by atoms with Crippen molar-refractivity contribution in [3.05, 3.63) is 35.9 Å². The lowest BCUT2D eigenvalue weighted by Gasteiger charge is -2.42. The van der Waals surface area contributed by atoms with Gasteiger partial charge in [0.1, 0.15) is 6.04 Å². The molecule has 1 aliphatic rings. The van der Waals surface area contributed by atoms with E-state index in [1.54, 1.807) is 24.3 Å². The number of nitrogens with zero attached hydrogens (tertiary/aromatic N) is 1. The predicted octanol–water partition coefficient (Wildman–Crippen LogP) is -0.253. The quantitative estimate of drug-likeness (QED) is 0.589. The summed E-state index contributed by atoms with van der Waals surface area (Å²) in [5.74, 6) is -1.21. The predicted molar refractivity (Wildman–Crippen MR) is 69.9 cm³/mol. The smallest absolute Gasteiger partial charge is 0.342 e. The Hall–Kier alpha value is -1.93. The minimum Gasteiger partial charge on any atom is -0.342 e. The molecule has 2 atom stereocenters. The van der Waals surface area contributed by atoms with E-state index in [9.17, 15) is 18.0 Å². The number of amides is 2. The molecule has 0 saturated carbocycles. The van der Waals surface area contributed by atoms with E-state index in [1.165, 1.54) is 6.92 Å². The van der Waals surface area contributed by atoms with E-state index < -0.39 is 28.3 Å². The molecule has 1 fully saturated rings. The van der Waals surface area contributed by atoms with Crippen molar-refractivity contribution in [2.45, 2.75) is 25.4 Å². The van der Waals surface area contributed by atoms with Crippen LogP contribution in [0.4, 0.5) is 0 Å². The minimum absolute atomic E-state index is 0.100. The van der Waals surface area contributed by atoms with Gasteiger partial charge in [-0.05, 0) is 12.5 Å². The molecule has 1 heterocycles. The van der Waals surface area contributed by atoms with E-state index in [1.807, 2.05) is 6.07 Å². The summed E-state index contributed by atoms with van der Waals surface area (Å²) in [6, 6.07) is 7.24. The molecule has 0 bridgehead atoms. The van der Waals surface area contributed by atoms with E-state index in [0.717, 1.165) is 5.56 Å². The van der Waals surface area contributed by atoms with Crippen LogP contribution in [0.3, 0.4) is 0 Å². The molecular weight excluding hydrogens is 284 g/mol. The second-order valence-corrected chi connectivity index (χ2v) is 5.85. The lowest BCUT2D eigenvalue weighted by atomic mass is 10.0. The Morgan fingerprint density at radius 2 is 1.95 bits per heavy atom. The summed E-state index contributed by atoms with van der Waals surface area (Å²) in [6.07, 6.45) is 0.100. The van der Waals surface area contributed by atoms with Crippen LogP contribution in [-0.2, 0) is 26.3 Å². The van der Waals surface area contributed by atoms with Crippen molar-refractivity contribution in [3.8, 4) is 0 Å². The maximum Gasteiger partial charge on any atom is 0.362 e. The Morgan fingerprint density at radius 3 is 2.45 bits per heavy atom. The Kier molecular flexibility index (Phi) is 3.78. The van der Waals surface area contributed by atoms with E-state index in [-0.39, 0.29) is 12.3 Å². The van der Waals surface area contributed by atoms with Crippen LogP contribution in [-0.4, -0.2) is 41.2 Å². The Bertz CT molecular complexity index is 629. The van der Waals surface area contributed by atoms with Crippen LogP contribution in [0.15, 0.2) is 30.3 Å². The number of carbonyl (C=O) groups excluding carboxylic acids is 2. The molecule has 7 nitrogen and oxygen atoms in total. The highest BCUT2D eigenvalue weighted by atomic mass is 32.2. The second-order valence-electron chi connectivity index (χ2n) is 4.56. The highest BCUT2D eigenvalue weighted by Gasteiger charge is 2.51. The van der Waals surface area contributed by atoms with Crippen molar-refractivity contribution >= 4 is 22.1 Å². The van der Waals surface area contributed by atoms with Gasteiger partial charge in [0, 0.05) is 0 Å². The summed E-state index contributed by atoms with van der Waals surface area (Å²) in [5, 5.41) is 2.46. The van der Waals surface area contributed by atoms with Gasteiger partial charge in [0.2, 0.25) is 5.91 Å². The molecular formula is C12H14N2O5S. The van der Waals surface area contributed by atoms with Gasteiger partial charge in [-0.25, -0.2) is 4.31 Å². The fourth-order valence-electron chi connectivity index (χ4n) is 2.11. The number of rotatable bonds is 4. The van der Waals surface area contributed by atoms with Crippen LogP contribution in [0.1, 0.15) is 12.5 Å². The van der Waals surface area contributed by atoms with Gasteiger partial charge in [0.15, 0.2) is 0 Å². The molecule has 0 spiro atoms. The number of carbonyl (C=O) groups is 2. The lowest BCUT2D eigenvalue weighted by molar-refractivity contribution is -0.144. The van der Waals surface area contributed by atoms with Crippen LogP contribution < -0.4 is 5.32 Å². The van der Waals surface area contributed by atoms with Crippen molar-refractivity contribution < 1.29 is 22.6 Å². The normalized spacial score (nSPS) is 22.3. The molecule has 1 aromatic rings. The van der Waals surface area contributed by atoms with Crippen molar-refractivity contribution in [2.24, 2.45) is 0 Å². The molecule has 1 aromatic carbocycles. The number of nitrogens with one attached hydrogen (secondary N) is 1. The fourth-order valence-corrected chi connectivity index (χ4v) is 2.99. The highest BCUT2D eigenvalue weighted by Crippen LogP contribution is 2.22. The topological polar surface area (TPSA) is 104 Å². The third-order valence-corrected chi connectivity index (χ3v) is 4.12. The Morgan fingerprint density at radius 1 is 1.35 bits per heavy atom. The minimum atomic E-state index is -4.56. The van der Waals surface area contributed by atoms with Crippen LogP contribution in [0.5, 0.6) is 0 Å². The van der Waals surface area contributed by atoms with Crippen LogP contribution >= 0.6 is 0 Å². The monoisotopic (exact) mass is 298 g/mol. The van der Waals surface area contributed by atoms with Crippen LogP contribution in [0, 0.1) is 0 Å². The summed E-state index contributed by atoms with van der Waals surface area (Å²) < 4.78 is 31.0. The molecule has 1 saturated heterocycles. The number of hydrogen-bond donors (Lipinski definition) is 2. The Balaban J connectivity index is 1.96. The summed E-state index contributed by atoms with van der Waals surface area (Å²) in [6.45, 7) is 1.43. The summed E-state index contributed by atoms with van der Waals surface area (Å²) in [7, 11) is -4.56. The molecule has 2 rings (SSSR count). The highest BCUT2D eigenvalue weighted by molar-refractivity contribution is 7.84. The maximum absolute atomic E-state index is 11.8. The molecule has 8 heteroatoms. The zero-order valence-electron chi connectivity index (χ0n) is 10.7. The molecule has 0 aliphatic carbocycles. The molecule has 0 aromatic heterocycles. The molecule has 2 N–H and O–H groups in total. The molecule has 1 aliphatic heterocycles. The van der Waals surface area contributed by atoms with Crippen LogP contribution in [0.2, 0.25) is 0 Å². The second kappa shape index (κ2) is 5.22. The fraction of sp³-hybridized carbons (Fsp3) is 0.333. The Labute approximate surface area is 116 Å². The first-order chi connectivity index (χ1) is 9.30.